The van der Waals surface area contributed by atoms with Crippen molar-refractivity contribution < 1.29 is 32.2 Å². The average molecular weight is 446 g/mol. The summed E-state index contributed by atoms with van der Waals surface area (Å²) in [7, 11) is 0. The minimum atomic E-state index is -4.42. The topological polar surface area (TPSA) is 90.6 Å². The van der Waals surface area contributed by atoms with Crippen molar-refractivity contribution in [2.75, 3.05) is 13.2 Å². The van der Waals surface area contributed by atoms with Crippen LogP contribution in [0.3, 0.4) is 0 Å². The van der Waals surface area contributed by atoms with Crippen molar-refractivity contribution in [2.45, 2.75) is 19.1 Å². The van der Waals surface area contributed by atoms with Gasteiger partial charge in [0, 0.05) is 10.9 Å². The summed E-state index contributed by atoms with van der Waals surface area (Å²) in [6.07, 6.45) is -4.42. The van der Waals surface area contributed by atoms with E-state index >= 15 is 0 Å². The first-order chi connectivity index (χ1) is 15.2. The van der Waals surface area contributed by atoms with Crippen molar-refractivity contribution in [2.24, 2.45) is 5.73 Å². The van der Waals surface area contributed by atoms with Crippen LogP contribution < -0.4 is 15.8 Å². The number of halogens is 3. The molecule has 1 atom stereocenters. The van der Waals surface area contributed by atoms with Crippen LogP contribution in [-0.2, 0) is 15.7 Å². The summed E-state index contributed by atoms with van der Waals surface area (Å²) in [5.41, 5.74) is 4.80. The molecule has 0 aliphatic heterocycles. The lowest BCUT2D eigenvalue weighted by Crippen LogP contribution is -2.37. The minimum absolute atomic E-state index is 0.000468. The number of hydrogen-bond donors (Lipinski definition) is 2. The summed E-state index contributed by atoms with van der Waals surface area (Å²) in [5.74, 6) is -0.209. The Labute approximate surface area is 182 Å². The highest BCUT2D eigenvalue weighted by atomic mass is 19.4. The fraction of sp³-hybridized carbons (Fsp3) is 0.217. The van der Waals surface area contributed by atoms with Gasteiger partial charge >= 0.3 is 12.1 Å². The molecule has 9 heteroatoms. The smallest absolute Gasteiger partial charge is 0.416 e. The normalized spacial score (nSPS) is 12.3. The van der Waals surface area contributed by atoms with Crippen LogP contribution in [0.4, 0.5) is 13.2 Å². The summed E-state index contributed by atoms with van der Waals surface area (Å²) in [6.45, 7) is 1.46. The molecule has 0 aliphatic rings. The van der Waals surface area contributed by atoms with Gasteiger partial charge in [0.1, 0.15) is 18.1 Å². The molecule has 0 heterocycles. The number of benzene rings is 3. The maximum Gasteiger partial charge on any atom is 0.416 e. The zero-order chi connectivity index (χ0) is 23.3. The molecule has 0 saturated carbocycles. The van der Waals surface area contributed by atoms with Crippen LogP contribution in [0.2, 0.25) is 0 Å². The molecule has 3 rings (SSSR count). The molecule has 0 fully saturated rings. The number of carbonyl (C=O) groups is 2. The zero-order valence-electron chi connectivity index (χ0n) is 17.1. The van der Waals surface area contributed by atoms with Crippen LogP contribution >= 0.6 is 0 Å². The number of esters is 1. The molecule has 0 aliphatic carbocycles. The third-order valence-corrected chi connectivity index (χ3v) is 4.55. The number of nitrogens with one attached hydrogen (secondary N) is 1. The zero-order valence-corrected chi connectivity index (χ0v) is 17.1. The highest BCUT2D eigenvalue weighted by Crippen LogP contribution is 2.33. The van der Waals surface area contributed by atoms with E-state index in [-0.39, 0.29) is 24.8 Å². The molecule has 6 nitrogen and oxygen atoms in total. The fourth-order valence-corrected chi connectivity index (χ4v) is 2.95. The van der Waals surface area contributed by atoms with E-state index in [1.807, 2.05) is 0 Å². The highest BCUT2D eigenvalue weighted by Gasteiger charge is 2.30. The Kier molecular flexibility index (Phi) is 6.99. The van der Waals surface area contributed by atoms with Crippen molar-refractivity contribution in [1.82, 2.24) is 5.32 Å². The molecule has 0 saturated heterocycles. The van der Waals surface area contributed by atoms with Crippen molar-refractivity contribution in [3.8, 4) is 11.5 Å². The van der Waals surface area contributed by atoms with Gasteiger partial charge in [0.15, 0.2) is 0 Å². The Morgan fingerprint density at radius 1 is 1.06 bits per heavy atom. The van der Waals surface area contributed by atoms with Gasteiger partial charge < -0.3 is 20.5 Å². The van der Waals surface area contributed by atoms with Gasteiger partial charge in [-0.05, 0) is 60.8 Å². The Balaban J connectivity index is 1.74. The van der Waals surface area contributed by atoms with E-state index < -0.39 is 23.8 Å². The largest absolute Gasteiger partial charge is 0.463 e. The molecule has 1 amide bonds. The second-order valence-electron chi connectivity index (χ2n) is 7.08. The SMILES string of the molecule is C[C@H](COC(=O)CN)NC(=O)c1ccc2c(Oc3ccc(C(F)(F)F)cc3)cccc2c1. The average Bonchev–Trinajstić information content (AvgIpc) is 2.77. The van der Waals surface area contributed by atoms with Crippen LogP contribution in [-0.4, -0.2) is 31.1 Å². The molecule has 32 heavy (non-hydrogen) atoms. The van der Waals surface area contributed by atoms with Gasteiger partial charge in [0.25, 0.3) is 5.91 Å². The molecule has 168 valence electrons. The Morgan fingerprint density at radius 3 is 2.44 bits per heavy atom. The quantitative estimate of drug-likeness (QED) is 0.529. The van der Waals surface area contributed by atoms with Crippen LogP contribution in [0.25, 0.3) is 10.8 Å². The summed E-state index contributed by atoms with van der Waals surface area (Å²) in [5, 5.41) is 4.13. The van der Waals surface area contributed by atoms with Crippen LogP contribution in [0.15, 0.2) is 60.7 Å². The number of fused-ring (bicyclic) bond motifs is 1. The molecule has 3 aromatic carbocycles. The number of alkyl halides is 3. The first kappa shape index (κ1) is 23.1. The molecule has 0 radical (unpaired) electrons. The first-order valence-corrected chi connectivity index (χ1v) is 9.72. The van der Waals surface area contributed by atoms with Gasteiger partial charge in [-0.15, -0.1) is 0 Å². The van der Waals surface area contributed by atoms with Crippen molar-refractivity contribution in [1.29, 1.82) is 0 Å². The van der Waals surface area contributed by atoms with Gasteiger partial charge in [-0.3, -0.25) is 9.59 Å². The lowest BCUT2D eigenvalue weighted by molar-refractivity contribution is -0.142. The van der Waals surface area contributed by atoms with Gasteiger partial charge in [-0.25, -0.2) is 0 Å². The van der Waals surface area contributed by atoms with Gasteiger partial charge in [-0.2, -0.15) is 13.2 Å². The van der Waals surface area contributed by atoms with Gasteiger partial charge in [0.05, 0.1) is 18.2 Å². The Morgan fingerprint density at radius 2 is 1.78 bits per heavy atom. The fourth-order valence-electron chi connectivity index (χ4n) is 2.95. The highest BCUT2D eigenvalue weighted by molar-refractivity contribution is 6.00. The van der Waals surface area contributed by atoms with E-state index in [9.17, 15) is 22.8 Å². The lowest BCUT2D eigenvalue weighted by atomic mass is 10.1. The molecule has 0 spiro atoms. The number of amides is 1. The number of nitrogens with two attached hydrogens (primary N) is 1. The number of hydrogen-bond acceptors (Lipinski definition) is 5. The Bertz CT molecular complexity index is 1110. The van der Waals surface area contributed by atoms with E-state index in [1.54, 1.807) is 43.3 Å². The molecular formula is C23H21F3N2O4. The molecular weight excluding hydrogens is 425 g/mol. The molecule has 0 unspecified atom stereocenters. The summed E-state index contributed by atoms with van der Waals surface area (Å²) in [4.78, 5) is 23.6. The van der Waals surface area contributed by atoms with Crippen LogP contribution in [0.5, 0.6) is 11.5 Å². The maximum absolute atomic E-state index is 12.7. The van der Waals surface area contributed by atoms with Crippen molar-refractivity contribution >= 4 is 22.6 Å². The molecule has 3 aromatic rings. The van der Waals surface area contributed by atoms with Gasteiger partial charge in [-0.1, -0.05) is 12.1 Å². The van der Waals surface area contributed by atoms with E-state index in [1.165, 1.54) is 12.1 Å². The lowest BCUT2D eigenvalue weighted by Gasteiger charge is -2.15. The summed E-state index contributed by atoms with van der Waals surface area (Å²) in [6, 6.07) is 14.2. The van der Waals surface area contributed by atoms with Crippen molar-refractivity contribution in [3.63, 3.8) is 0 Å². The summed E-state index contributed by atoms with van der Waals surface area (Å²) >= 11 is 0. The van der Waals surface area contributed by atoms with Gasteiger partial charge in [0.2, 0.25) is 0 Å². The monoisotopic (exact) mass is 446 g/mol. The molecule has 3 N–H and O–H groups in total. The first-order valence-electron chi connectivity index (χ1n) is 9.72. The van der Waals surface area contributed by atoms with Crippen molar-refractivity contribution in [3.05, 3.63) is 71.8 Å². The van der Waals surface area contributed by atoms with Crippen LogP contribution in [0.1, 0.15) is 22.8 Å². The third kappa shape index (κ3) is 5.76. The maximum atomic E-state index is 12.7. The number of rotatable bonds is 7. The predicted molar refractivity (Wildman–Crippen MR) is 112 cm³/mol. The van der Waals surface area contributed by atoms with E-state index in [2.05, 4.69) is 5.32 Å². The van der Waals surface area contributed by atoms with E-state index in [4.69, 9.17) is 15.2 Å². The van der Waals surface area contributed by atoms with Crippen LogP contribution in [0, 0.1) is 0 Å². The molecule has 0 bridgehead atoms. The summed E-state index contributed by atoms with van der Waals surface area (Å²) < 4.78 is 48.9. The second-order valence-corrected chi connectivity index (χ2v) is 7.08. The minimum Gasteiger partial charge on any atom is -0.463 e. The second kappa shape index (κ2) is 9.69. The third-order valence-electron chi connectivity index (χ3n) is 4.55. The standard InChI is InChI=1S/C23H21F3N2O4/c1-14(13-31-21(29)12-27)28-22(30)16-5-10-19-15(11-16)3-2-4-20(19)32-18-8-6-17(7-9-18)23(24,25)26/h2-11,14H,12-13,27H2,1H3,(H,28,30)/t14-/m1/s1. The van der Waals surface area contributed by atoms with E-state index in [0.717, 1.165) is 12.1 Å². The Hall–Kier alpha value is -3.59. The molecule has 0 aromatic heterocycles. The number of ether oxygens (including phenoxy) is 2. The number of carbonyl (C=O) groups excluding carboxylic acids is 2. The van der Waals surface area contributed by atoms with E-state index in [0.29, 0.717) is 22.1 Å². The predicted octanol–water partition coefficient (Wildman–Crippen LogP) is 4.27.